The van der Waals surface area contributed by atoms with E-state index >= 15 is 0 Å². The zero-order valence-corrected chi connectivity index (χ0v) is 11.8. The molecule has 4 aliphatic carbocycles. The van der Waals surface area contributed by atoms with E-state index < -0.39 is 0 Å². The zero-order valence-electron chi connectivity index (χ0n) is 11.8. The molecule has 4 bridgehead atoms. The Morgan fingerprint density at radius 1 is 1.16 bits per heavy atom. The van der Waals surface area contributed by atoms with Crippen LogP contribution in [0.1, 0.15) is 50.7 Å². The van der Waals surface area contributed by atoms with E-state index in [9.17, 15) is 0 Å². The van der Waals surface area contributed by atoms with E-state index in [1.165, 1.54) is 32.1 Å². The summed E-state index contributed by atoms with van der Waals surface area (Å²) in [5.41, 5.74) is 0. The van der Waals surface area contributed by atoms with Crippen LogP contribution in [0.25, 0.3) is 0 Å². The Morgan fingerprint density at radius 2 is 1.84 bits per heavy atom. The maximum Gasteiger partial charge on any atom is 0.208 e. The molecular formula is C16H24N2O. The molecule has 4 aliphatic rings. The van der Waals surface area contributed by atoms with E-state index in [1.807, 2.05) is 6.20 Å². The molecule has 1 N–H and O–H groups in total. The van der Waals surface area contributed by atoms with Gasteiger partial charge in [-0.15, -0.1) is 0 Å². The number of hydrogen-bond donors (Lipinski definition) is 1. The molecule has 5 rings (SSSR count). The number of nitrogens with zero attached hydrogens (tertiary/aromatic N) is 1. The van der Waals surface area contributed by atoms with E-state index in [2.05, 4.69) is 17.2 Å². The van der Waals surface area contributed by atoms with Crippen LogP contribution in [-0.4, -0.2) is 11.0 Å². The lowest BCUT2D eigenvalue weighted by molar-refractivity contribution is -0.0149. The van der Waals surface area contributed by atoms with Gasteiger partial charge in [0.25, 0.3) is 0 Å². The molecule has 1 aromatic rings. The van der Waals surface area contributed by atoms with Gasteiger partial charge in [0.1, 0.15) is 5.76 Å². The molecule has 0 atom stereocenters. The van der Waals surface area contributed by atoms with Crippen LogP contribution >= 0.6 is 0 Å². The molecule has 0 aromatic carbocycles. The lowest BCUT2D eigenvalue weighted by Gasteiger charge is -2.54. The molecule has 1 aromatic heterocycles. The van der Waals surface area contributed by atoms with Gasteiger partial charge in [-0.05, 0) is 55.8 Å². The summed E-state index contributed by atoms with van der Waals surface area (Å²) in [4.78, 5) is 4.36. The first-order valence-corrected chi connectivity index (χ1v) is 7.98. The van der Waals surface area contributed by atoms with E-state index in [0.29, 0.717) is 0 Å². The average molecular weight is 260 g/mol. The van der Waals surface area contributed by atoms with E-state index in [0.717, 1.165) is 54.3 Å². The summed E-state index contributed by atoms with van der Waals surface area (Å²) in [7, 11) is 0. The van der Waals surface area contributed by atoms with Gasteiger partial charge in [0, 0.05) is 12.5 Å². The second-order valence-corrected chi connectivity index (χ2v) is 6.91. The van der Waals surface area contributed by atoms with Crippen molar-refractivity contribution in [3.8, 4) is 0 Å². The van der Waals surface area contributed by atoms with Crippen LogP contribution in [0.15, 0.2) is 10.6 Å². The minimum atomic E-state index is 0.727. The molecular weight excluding hydrogens is 236 g/mol. The van der Waals surface area contributed by atoms with Gasteiger partial charge in [0.15, 0.2) is 0 Å². The molecule has 0 spiro atoms. The van der Waals surface area contributed by atoms with E-state index in [-0.39, 0.29) is 0 Å². The van der Waals surface area contributed by atoms with Gasteiger partial charge in [0.05, 0.1) is 12.7 Å². The summed E-state index contributed by atoms with van der Waals surface area (Å²) in [5.74, 6) is 5.82. The largest absolute Gasteiger partial charge is 0.444 e. The van der Waals surface area contributed by atoms with Crippen molar-refractivity contribution in [1.29, 1.82) is 0 Å². The number of aromatic nitrogens is 1. The molecule has 19 heavy (non-hydrogen) atoms. The highest BCUT2D eigenvalue weighted by Crippen LogP contribution is 2.53. The van der Waals surface area contributed by atoms with Crippen LogP contribution in [0.5, 0.6) is 0 Å². The molecule has 0 saturated heterocycles. The fourth-order valence-corrected chi connectivity index (χ4v) is 5.06. The predicted molar refractivity (Wildman–Crippen MR) is 73.6 cm³/mol. The maximum absolute atomic E-state index is 5.70. The van der Waals surface area contributed by atoms with Crippen molar-refractivity contribution in [3.05, 3.63) is 17.8 Å². The fourth-order valence-electron chi connectivity index (χ4n) is 5.06. The van der Waals surface area contributed by atoms with Gasteiger partial charge >= 0.3 is 0 Å². The third-order valence-corrected chi connectivity index (χ3v) is 5.67. The molecule has 0 amide bonds. The van der Waals surface area contributed by atoms with Gasteiger partial charge in [-0.1, -0.05) is 6.92 Å². The number of rotatable bonds is 4. The number of hydrogen-bond acceptors (Lipinski definition) is 3. The van der Waals surface area contributed by atoms with Crippen LogP contribution in [-0.2, 0) is 13.0 Å². The van der Waals surface area contributed by atoms with Crippen molar-refractivity contribution < 1.29 is 4.42 Å². The van der Waals surface area contributed by atoms with Crippen molar-refractivity contribution in [1.82, 2.24) is 10.3 Å². The number of aryl methyl sites for hydroxylation is 1. The number of nitrogens with one attached hydrogen (secondary N) is 1. The SMILES string of the molecule is CCc1cnc(CNC2C3CC4CC(C3)CC2C4)o1. The lowest BCUT2D eigenvalue weighted by atomic mass is 9.54. The summed E-state index contributed by atoms with van der Waals surface area (Å²) in [6, 6.07) is 0.727. The topological polar surface area (TPSA) is 38.1 Å². The number of oxazole rings is 1. The molecule has 3 nitrogen and oxygen atoms in total. The van der Waals surface area contributed by atoms with Gasteiger partial charge in [-0.3, -0.25) is 0 Å². The smallest absolute Gasteiger partial charge is 0.208 e. The van der Waals surface area contributed by atoms with Crippen LogP contribution in [0.3, 0.4) is 0 Å². The van der Waals surface area contributed by atoms with Gasteiger partial charge < -0.3 is 9.73 Å². The van der Waals surface area contributed by atoms with Crippen LogP contribution in [0.2, 0.25) is 0 Å². The van der Waals surface area contributed by atoms with Gasteiger partial charge in [-0.25, -0.2) is 4.98 Å². The average Bonchev–Trinajstić information content (AvgIpc) is 2.85. The molecule has 0 aliphatic heterocycles. The maximum atomic E-state index is 5.70. The standard InChI is InChI=1S/C16H24N2O/c1-2-14-8-17-15(19-14)9-18-16-12-4-10-3-11(6-12)7-13(16)5-10/h8,10-13,16,18H,2-7,9H2,1H3. The second-order valence-electron chi connectivity index (χ2n) is 6.91. The quantitative estimate of drug-likeness (QED) is 0.903. The van der Waals surface area contributed by atoms with E-state index in [4.69, 9.17) is 4.42 Å². The van der Waals surface area contributed by atoms with Crippen molar-refractivity contribution in [2.75, 3.05) is 0 Å². The lowest BCUT2D eigenvalue weighted by Crippen LogP contribution is -2.54. The molecule has 4 saturated carbocycles. The highest BCUT2D eigenvalue weighted by Gasteiger charge is 2.47. The highest BCUT2D eigenvalue weighted by molar-refractivity contribution is 5.02. The van der Waals surface area contributed by atoms with Crippen LogP contribution in [0.4, 0.5) is 0 Å². The summed E-state index contributed by atoms with van der Waals surface area (Å²) < 4.78 is 5.70. The van der Waals surface area contributed by atoms with Crippen molar-refractivity contribution in [2.45, 2.75) is 58.0 Å². The Morgan fingerprint density at radius 3 is 2.42 bits per heavy atom. The normalized spacial score (nSPS) is 39.9. The Bertz CT molecular complexity index is 425. The monoisotopic (exact) mass is 260 g/mol. The van der Waals surface area contributed by atoms with Crippen LogP contribution < -0.4 is 5.32 Å². The van der Waals surface area contributed by atoms with Gasteiger partial charge in [-0.2, -0.15) is 0 Å². The highest BCUT2D eigenvalue weighted by atomic mass is 16.4. The van der Waals surface area contributed by atoms with E-state index in [1.54, 1.807) is 0 Å². The predicted octanol–water partition coefficient (Wildman–Crippen LogP) is 3.15. The molecule has 104 valence electrons. The molecule has 1 heterocycles. The molecule has 3 heteroatoms. The Kier molecular flexibility index (Phi) is 2.91. The Labute approximate surface area is 115 Å². The minimum Gasteiger partial charge on any atom is -0.444 e. The summed E-state index contributed by atoms with van der Waals surface area (Å²) >= 11 is 0. The fraction of sp³-hybridized carbons (Fsp3) is 0.812. The van der Waals surface area contributed by atoms with Crippen molar-refractivity contribution >= 4 is 0 Å². The summed E-state index contributed by atoms with van der Waals surface area (Å²) in [6.07, 6.45) is 10.2. The summed E-state index contributed by atoms with van der Waals surface area (Å²) in [6.45, 7) is 2.92. The minimum absolute atomic E-state index is 0.727. The first kappa shape index (κ1) is 12.0. The molecule has 0 unspecified atom stereocenters. The summed E-state index contributed by atoms with van der Waals surface area (Å²) in [5, 5.41) is 3.76. The molecule has 4 fully saturated rings. The van der Waals surface area contributed by atoms with Crippen molar-refractivity contribution in [2.24, 2.45) is 23.7 Å². The second kappa shape index (κ2) is 4.62. The van der Waals surface area contributed by atoms with Crippen LogP contribution in [0, 0.1) is 23.7 Å². The Hall–Kier alpha value is -0.830. The third-order valence-electron chi connectivity index (χ3n) is 5.67. The third kappa shape index (κ3) is 2.12. The van der Waals surface area contributed by atoms with Crippen molar-refractivity contribution in [3.63, 3.8) is 0 Å². The van der Waals surface area contributed by atoms with Gasteiger partial charge in [0.2, 0.25) is 5.89 Å². The first-order chi connectivity index (χ1) is 9.31. The Balaban J connectivity index is 1.40. The first-order valence-electron chi connectivity index (χ1n) is 7.98. The zero-order chi connectivity index (χ0) is 12.8. The molecule has 0 radical (unpaired) electrons.